The normalized spacial score (nSPS) is 29.6. The predicted octanol–water partition coefficient (Wildman–Crippen LogP) is 0.357. The molecule has 1 N–H and O–H groups in total. The van der Waals surface area contributed by atoms with Gasteiger partial charge in [0, 0.05) is 5.41 Å². The Labute approximate surface area is 96.1 Å². The van der Waals surface area contributed by atoms with Gasteiger partial charge in [-0.3, -0.25) is 4.79 Å². The number of hydrogen-bond donors (Lipinski definition) is 1. The van der Waals surface area contributed by atoms with Crippen molar-refractivity contribution in [1.82, 2.24) is 4.81 Å². The molecule has 2 aliphatic rings. The minimum absolute atomic E-state index is 0.146. The number of hydrogen-bond acceptors (Lipinski definition) is 4. The van der Waals surface area contributed by atoms with E-state index in [1.54, 1.807) is 6.82 Å². The van der Waals surface area contributed by atoms with E-state index in [1.165, 1.54) is 0 Å². The molecule has 16 heavy (non-hydrogen) atoms. The Bertz CT molecular complexity index is 298. The summed E-state index contributed by atoms with van der Waals surface area (Å²) in [5.41, 5.74) is -0.253. The molecule has 2 fully saturated rings. The fourth-order valence-corrected chi connectivity index (χ4v) is 3.03. The highest BCUT2D eigenvalue weighted by atomic mass is 16.2. The van der Waals surface area contributed by atoms with Gasteiger partial charge >= 0.3 is 7.05 Å². The lowest BCUT2D eigenvalue weighted by atomic mass is 9.72. The molecule has 1 atom stereocenters. The van der Waals surface area contributed by atoms with E-state index < -0.39 is 7.05 Å². The molecule has 1 aliphatic heterocycles. The van der Waals surface area contributed by atoms with E-state index in [9.17, 15) is 14.6 Å². The number of piperidine rings is 1. The van der Waals surface area contributed by atoms with E-state index in [0.29, 0.717) is 0 Å². The van der Waals surface area contributed by atoms with Gasteiger partial charge in [-0.2, -0.15) is 0 Å². The lowest BCUT2D eigenvalue weighted by Gasteiger charge is -2.38. The molecular formula is C11H18BNO3. The fraction of sp³-hybridized carbons (Fsp3) is 0.818. The average molecular weight is 223 g/mol. The van der Waals surface area contributed by atoms with Crippen LogP contribution in [-0.4, -0.2) is 42.0 Å². The average Bonchev–Trinajstić information content (AvgIpc) is 2.58. The molecule has 0 amide bonds. The van der Waals surface area contributed by atoms with Gasteiger partial charge in [-0.15, -0.1) is 0 Å². The number of carbonyl (C=O) groups is 2. The highest BCUT2D eigenvalue weighted by molar-refractivity contribution is 6.45. The minimum atomic E-state index is -0.435. The van der Waals surface area contributed by atoms with Crippen molar-refractivity contribution in [1.29, 1.82) is 0 Å². The van der Waals surface area contributed by atoms with Crippen molar-refractivity contribution in [3.05, 3.63) is 0 Å². The van der Waals surface area contributed by atoms with Gasteiger partial charge in [-0.1, -0.05) is 0 Å². The van der Waals surface area contributed by atoms with E-state index in [4.69, 9.17) is 0 Å². The number of aldehydes is 1. The summed E-state index contributed by atoms with van der Waals surface area (Å²) in [4.78, 5) is 24.8. The largest absolute Gasteiger partial charge is 0.437 e. The van der Waals surface area contributed by atoms with Crippen LogP contribution < -0.4 is 0 Å². The maximum absolute atomic E-state index is 12.1. The molecular weight excluding hydrogens is 205 g/mol. The number of ketones is 1. The van der Waals surface area contributed by atoms with Gasteiger partial charge in [-0.25, -0.2) is 0 Å². The van der Waals surface area contributed by atoms with Crippen molar-refractivity contribution in [2.24, 2.45) is 11.3 Å². The lowest BCUT2D eigenvalue weighted by Crippen LogP contribution is -2.48. The monoisotopic (exact) mass is 223 g/mol. The summed E-state index contributed by atoms with van der Waals surface area (Å²) in [7, 11) is -0.435. The Balaban J connectivity index is 2.02. The quantitative estimate of drug-likeness (QED) is 0.417. The predicted molar refractivity (Wildman–Crippen MR) is 60.9 cm³/mol. The van der Waals surface area contributed by atoms with Crippen molar-refractivity contribution in [2.45, 2.75) is 32.5 Å². The third-order valence-corrected chi connectivity index (χ3v) is 4.24. The lowest BCUT2D eigenvalue weighted by molar-refractivity contribution is -0.133. The zero-order valence-electron chi connectivity index (χ0n) is 9.69. The second kappa shape index (κ2) is 4.30. The summed E-state index contributed by atoms with van der Waals surface area (Å²) >= 11 is 0. The topological polar surface area (TPSA) is 57.6 Å². The first-order chi connectivity index (χ1) is 7.59. The maximum Gasteiger partial charge on any atom is 0.376 e. The smallest absolute Gasteiger partial charge is 0.376 e. The minimum Gasteiger partial charge on any atom is -0.437 e. The van der Waals surface area contributed by atoms with Crippen LogP contribution in [0.3, 0.4) is 0 Å². The van der Waals surface area contributed by atoms with Crippen LogP contribution in [0.25, 0.3) is 0 Å². The van der Waals surface area contributed by atoms with Crippen LogP contribution in [0.5, 0.6) is 0 Å². The molecule has 0 aromatic rings. The Hall–Kier alpha value is -0.675. The molecule has 5 heteroatoms. The second-order valence-electron chi connectivity index (χ2n) is 5.09. The molecule has 2 rings (SSSR count). The first-order valence-electron chi connectivity index (χ1n) is 6.01. The van der Waals surface area contributed by atoms with Crippen molar-refractivity contribution < 1.29 is 14.6 Å². The Morgan fingerprint density at radius 3 is 2.50 bits per heavy atom. The second-order valence-corrected chi connectivity index (χ2v) is 5.09. The van der Waals surface area contributed by atoms with Crippen LogP contribution in [-0.2, 0) is 9.59 Å². The molecule has 1 heterocycles. The molecule has 88 valence electrons. The third kappa shape index (κ3) is 1.82. The molecule has 0 bridgehead atoms. The van der Waals surface area contributed by atoms with E-state index in [2.05, 4.69) is 0 Å². The summed E-state index contributed by atoms with van der Waals surface area (Å²) in [6.45, 7) is 3.27. The number of carbonyl (C=O) groups excluding carboxylic acids is 2. The molecule has 1 saturated carbocycles. The van der Waals surface area contributed by atoms with Crippen molar-refractivity contribution in [3.63, 3.8) is 0 Å². The number of Topliss-reactive ketones (excluding diaryl/α,β-unsaturated/α-hetero) is 1. The van der Waals surface area contributed by atoms with Crippen LogP contribution in [0.15, 0.2) is 0 Å². The standard InChI is InChI=1S/C11H18BNO3/c1-12(16)13-6-4-11(5-7-13)3-2-9(8-14)10(11)15/h8-9,16H,2-7H2,1H3. The highest BCUT2D eigenvalue weighted by Gasteiger charge is 2.49. The summed E-state index contributed by atoms with van der Waals surface area (Å²) in [5.74, 6) is -0.217. The molecule has 1 aliphatic carbocycles. The third-order valence-electron chi connectivity index (χ3n) is 4.24. The van der Waals surface area contributed by atoms with Crippen LogP contribution >= 0.6 is 0 Å². The van der Waals surface area contributed by atoms with Gasteiger partial charge in [-0.05, 0) is 45.6 Å². The van der Waals surface area contributed by atoms with E-state index in [0.717, 1.165) is 45.1 Å². The maximum atomic E-state index is 12.1. The zero-order chi connectivity index (χ0) is 11.8. The van der Waals surface area contributed by atoms with E-state index in [-0.39, 0.29) is 17.1 Å². The van der Waals surface area contributed by atoms with Gasteiger partial charge in [0.25, 0.3) is 0 Å². The first-order valence-corrected chi connectivity index (χ1v) is 6.01. The summed E-state index contributed by atoms with van der Waals surface area (Å²) in [5, 5.41) is 9.46. The van der Waals surface area contributed by atoms with Crippen LogP contribution in [0.2, 0.25) is 6.82 Å². The molecule has 1 saturated heterocycles. The van der Waals surface area contributed by atoms with Crippen LogP contribution in [0.1, 0.15) is 25.7 Å². The van der Waals surface area contributed by atoms with Crippen molar-refractivity contribution >= 4 is 19.1 Å². The summed E-state index contributed by atoms with van der Waals surface area (Å²) in [6.07, 6.45) is 3.96. The zero-order valence-corrected chi connectivity index (χ0v) is 9.69. The molecule has 0 aromatic carbocycles. The van der Waals surface area contributed by atoms with Gasteiger partial charge < -0.3 is 14.6 Å². The molecule has 0 aromatic heterocycles. The van der Waals surface area contributed by atoms with Crippen molar-refractivity contribution in [3.8, 4) is 0 Å². The molecule has 4 nitrogen and oxygen atoms in total. The number of rotatable bonds is 2. The Kier molecular flexibility index (Phi) is 3.17. The Morgan fingerprint density at radius 2 is 2.06 bits per heavy atom. The van der Waals surface area contributed by atoms with E-state index >= 15 is 0 Å². The van der Waals surface area contributed by atoms with Crippen molar-refractivity contribution in [2.75, 3.05) is 13.1 Å². The first kappa shape index (κ1) is 11.8. The van der Waals surface area contributed by atoms with Gasteiger partial charge in [0.1, 0.15) is 12.1 Å². The van der Waals surface area contributed by atoms with Gasteiger partial charge in [0.05, 0.1) is 5.92 Å². The summed E-state index contributed by atoms with van der Waals surface area (Å²) < 4.78 is 0. The van der Waals surface area contributed by atoms with Crippen LogP contribution in [0, 0.1) is 11.3 Å². The molecule has 0 radical (unpaired) electrons. The SMILES string of the molecule is CB(O)N1CCC2(CCC(C=O)C2=O)CC1. The Morgan fingerprint density at radius 1 is 1.44 bits per heavy atom. The molecule has 1 unspecified atom stereocenters. The molecule has 1 spiro atoms. The van der Waals surface area contributed by atoms with Gasteiger partial charge in [0.2, 0.25) is 0 Å². The van der Waals surface area contributed by atoms with Crippen LogP contribution in [0.4, 0.5) is 0 Å². The number of nitrogens with zero attached hydrogens (tertiary/aromatic N) is 1. The fourth-order valence-electron chi connectivity index (χ4n) is 3.03. The highest BCUT2D eigenvalue weighted by Crippen LogP contribution is 2.45. The van der Waals surface area contributed by atoms with E-state index in [1.807, 2.05) is 4.81 Å². The van der Waals surface area contributed by atoms with Gasteiger partial charge in [0.15, 0.2) is 0 Å². The summed E-state index contributed by atoms with van der Waals surface area (Å²) in [6, 6.07) is 0.